The fourth-order valence-corrected chi connectivity index (χ4v) is 0. The molecule has 0 N–H and O–H groups in total. The van der Waals surface area contributed by atoms with Gasteiger partial charge in [0.15, 0.2) is 0 Å². The zero-order valence-corrected chi connectivity index (χ0v) is 16.9. The summed E-state index contributed by atoms with van der Waals surface area (Å²) in [6.45, 7) is 0. The monoisotopic (exact) mass is 642 g/mol. The van der Waals surface area contributed by atoms with Gasteiger partial charge in [-0.3, -0.25) is 0 Å². The van der Waals surface area contributed by atoms with E-state index in [9.17, 15) is 0 Å². The molecular weight excluding hydrogens is 642 g/mol. The molecular formula is CoMnMoNiTiVWZr. The van der Waals surface area contributed by atoms with Gasteiger partial charge in [-0.05, 0) is 0 Å². The summed E-state index contributed by atoms with van der Waals surface area (Å²) in [7, 11) is 0. The van der Waals surface area contributed by atoms with Crippen molar-refractivity contribution in [3.8, 4) is 0 Å². The van der Waals surface area contributed by atoms with Crippen LogP contribution in [0.25, 0.3) is 0 Å². The summed E-state index contributed by atoms with van der Waals surface area (Å²) in [6.07, 6.45) is 0. The minimum Gasteiger partial charge on any atom is 0 e. The van der Waals surface area contributed by atoms with Gasteiger partial charge < -0.3 is 0 Å². The first-order valence-corrected chi connectivity index (χ1v) is 0. The molecule has 0 atom stereocenters. The van der Waals surface area contributed by atoms with E-state index in [0.717, 1.165) is 0 Å². The molecule has 0 aliphatic carbocycles. The van der Waals surface area contributed by atoms with Crippen molar-refractivity contribution in [2.45, 2.75) is 0 Å². The molecule has 0 rings (SSSR count). The van der Waals surface area contributed by atoms with Crippen molar-refractivity contribution in [3.05, 3.63) is 0 Å². The normalized spacial score (nSPS) is 0. The fourth-order valence-electron chi connectivity index (χ4n) is 0. The van der Waals surface area contributed by atoms with Gasteiger partial charge in [-0.1, -0.05) is 0 Å². The predicted molar refractivity (Wildman–Crippen MR) is 0 cm³/mol. The standard InChI is InChI=1S/Co.Mn.Mo.Ni.Ti.V.W.Zr. The van der Waals surface area contributed by atoms with E-state index < -0.39 is 0 Å². The van der Waals surface area contributed by atoms with Crippen LogP contribution in [-0.4, -0.2) is 0 Å². The van der Waals surface area contributed by atoms with E-state index in [2.05, 4.69) is 0 Å². The molecule has 0 unspecified atom stereocenters. The van der Waals surface area contributed by atoms with Gasteiger partial charge in [-0.25, -0.2) is 0 Å². The first-order chi connectivity index (χ1) is 0. The summed E-state index contributed by atoms with van der Waals surface area (Å²) >= 11 is 0. The van der Waals surface area contributed by atoms with Crippen LogP contribution in [-0.2, 0) is 159 Å². The second kappa shape index (κ2) is 57.5. The summed E-state index contributed by atoms with van der Waals surface area (Å²) in [5.74, 6) is 0. The van der Waals surface area contributed by atoms with E-state index in [0.29, 0.717) is 0 Å². The summed E-state index contributed by atoms with van der Waals surface area (Å²) in [4.78, 5) is 0. The van der Waals surface area contributed by atoms with Gasteiger partial charge in [-0.2, -0.15) is 0 Å². The van der Waals surface area contributed by atoms with Crippen LogP contribution in [0.4, 0.5) is 0 Å². The van der Waals surface area contributed by atoms with Crippen molar-refractivity contribution in [3.63, 3.8) is 0 Å². The second-order valence-corrected chi connectivity index (χ2v) is 0. The zero-order valence-electron chi connectivity index (χ0n) is 3.29. The molecule has 0 fully saturated rings. The molecule has 0 aromatic carbocycles. The minimum atomic E-state index is 0. The Bertz CT molecular complexity index is 24.0. The Kier molecular flexibility index (Phi) is 532. The molecule has 0 nitrogen and oxygen atoms in total. The average Bonchev–Trinajstić information content (AvgIpc) is 0. The molecule has 0 saturated carbocycles. The maximum absolute atomic E-state index is 0. The third kappa shape index (κ3) is 43.6. The molecule has 0 amide bonds. The van der Waals surface area contributed by atoms with E-state index in [4.69, 9.17) is 0 Å². The molecule has 0 bridgehead atoms. The van der Waals surface area contributed by atoms with Crippen LogP contribution in [0.1, 0.15) is 0 Å². The van der Waals surface area contributed by atoms with Crippen LogP contribution in [0.5, 0.6) is 0 Å². The molecule has 0 aliphatic heterocycles. The Labute approximate surface area is 155 Å². The van der Waals surface area contributed by atoms with Crippen molar-refractivity contribution in [2.75, 3.05) is 0 Å². The maximum atomic E-state index is 0. The van der Waals surface area contributed by atoms with Crippen molar-refractivity contribution in [1.29, 1.82) is 0 Å². The smallest absolute Gasteiger partial charge is 0 e. The van der Waals surface area contributed by atoms with Crippen LogP contribution in [0.2, 0.25) is 0 Å². The molecule has 8 heavy (non-hydrogen) atoms. The van der Waals surface area contributed by atoms with Gasteiger partial charge in [0.1, 0.15) is 0 Å². The summed E-state index contributed by atoms with van der Waals surface area (Å²) in [5.41, 5.74) is 0. The second-order valence-electron chi connectivity index (χ2n) is 0. The van der Waals surface area contributed by atoms with Crippen LogP contribution < -0.4 is 0 Å². The van der Waals surface area contributed by atoms with E-state index in [1.54, 1.807) is 0 Å². The summed E-state index contributed by atoms with van der Waals surface area (Å²) in [6, 6.07) is 0. The predicted octanol–water partition coefficient (Wildman–Crippen LogP) is -0.0200. The van der Waals surface area contributed by atoms with Crippen LogP contribution in [0.3, 0.4) is 0 Å². The summed E-state index contributed by atoms with van der Waals surface area (Å²) < 4.78 is 0. The van der Waals surface area contributed by atoms with Gasteiger partial charge in [0.05, 0.1) is 0 Å². The van der Waals surface area contributed by atoms with Gasteiger partial charge in [0.2, 0.25) is 0 Å². The first kappa shape index (κ1) is 74.0. The van der Waals surface area contributed by atoms with Gasteiger partial charge in [-0.15, -0.1) is 0 Å². The molecule has 0 saturated heterocycles. The average molecular weight is 642 g/mol. The van der Waals surface area contributed by atoms with E-state index >= 15 is 0 Å². The Hall–Kier alpha value is 5.08. The fraction of sp³-hybridized carbons (Fsp3) is 0. The Morgan fingerprint density at radius 1 is 1.00 bits per heavy atom. The molecule has 0 aliphatic rings. The van der Waals surface area contributed by atoms with E-state index in [-0.39, 0.29) is 159 Å². The van der Waals surface area contributed by atoms with Crippen LogP contribution in [0.15, 0.2) is 0 Å². The third-order valence-electron chi connectivity index (χ3n) is 0. The van der Waals surface area contributed by atoms with Crippen molar-refractivity contribution < 1.29 is 159 Å². The first-order valence-electron chi connectivity index (χ1n) is 0. The third-order valence-corrected chi connectivity index (χ3v) is 0. The topological polar surface area (TPSA) is 0 Å². The Balaban J connectivity index is 0. The summed E-state index contributed by atoms with van der Waals surface area (Å²) in [5, 5.41) is 0. The quantitative estimate of drug-likeness (QED) is 0.327. The van der Waals surface area contributed by atoms with Crippen LogP contribution in [0, 0.1) is 0 Å². The maximum Gasteiger partial charge on any atom is 0 e. The minimum absolute atomic E-state index is 0. The molecule has 0 heterocycles. The Morgan fingerprint density at radius 3 is 1.00 bits per heavy atom. The van der Waals surface area contributed by atoms with Crippen molar-refractivity contribution in [2.24, 2.45) is 0 Å². The number of hydrogen-bond acceptors (Lipinski definition) is 0. The number of hydrogen-bond donors (Lipinski definition) is 0. The number of rotatable bonds is 0. The van der Waals surface area contributed by atoms with Crippen molar-refractivity contribution in [1.82, 2.24) is 0 Å². The van der Waals surface area contributed by atoms with Gasteiger partial charge >= 0.3 is 0 Å². The van der Waals surface area contributed by atoms with Gasteiger partial charge in [0.25, 0.3) is 0 Å². The SMILES string of the molecule is [Co].[Mn].[Mo].[Ni].[Ti].[V].[W].[Zr]. The molecule has 0 aromatic rings. The van der Waals surface area contributed by atoms with E-state index in [1.807, 2.05) is 0 Å². The molecule has 3 radical (unpaired) electrons. The molecule has 51 valence electrons. The van der Waals surface area contributed by atoms with Crippen molar-refractivity contribution >= 4 is 0 Å². The van der Waals surface area contributed by atoms with Crippen LogP contribution >= 0.6 is 0 Å². The largest absolute Gasteiger partial charge is 0 e. The Morgan fingerprint density at radius 2 is 1.00 bits per heavy atom. The van der Waals surface area contributed by atoms with Gasteiger partial charge in [0, 0.05) is 159 Å². The zero-order chi connectivity index (χ0) is 0. The molecule has 8 heteroatoms. The molecule has 0 aromatic heterocycles. The van der Waals surface area contributed by atoms with E-state index in [1.165, 1.54) is 0 Å². The molecule has 0 spiro atoms.